The summed E-state index contributed by atoms with van der Waals surface area (Å²) in [6.07, 6.45) is 5.45. The van der Waals surface area contributed by atoms with E-state index in [0.29, 0.717) is 10.8 Å². The monoisotopic (exact) mass is 266 g/mol. The molecule has 1 saturated heterocycles. The van der Waals surface area contributed by atoms with Crippen molar-refractivity contribution in [1.82, 2.24) is 10.2 Å². The van der Waals surface area contributed by atoms with Gasteiger partial charge in [0.2, 0.25) is 0 Å². The number of likely N-dealkylation sites (tertiary alicyclic amines) is 1. The molecule has 1 unspecified atom stereocenters. The first-order valence-corrected chi connectivity index (χ1v) is 8.25. The van der Waals surface area contributed by atoms with Crippen molar-refractivity contribution >= 4 is 0 Å². The summed E-state index contributed by atoms with van der Waals surface area (Å²) in [5.74, 6) is 0.883. The van der Waals surface area contributed by atoms with Crippen molar-refractivity contribution in [3.63, 3.8) is 0 Å². The first kappa shape index (κ1) is 15.3. The van der Waals surface area contributed by atoms with E-state index in [1.54, 1.807) is 0 Å². The number of nitrogens with zero attached hydrogens (tertiary/aromatic N) is 1. The van der Waals surface area contributed by atoms with E-state index in [1.165, 1.54) is 51.9 Å². The summed E-state index contributed by atoms with van der Waals surface area (Å²) in [5, 5.41) is 3.89. The fourth-order valence-electron chi connectivity index (χ4n) is 4.69. The summed E-state index contributed by atoms with van der Waals surface area (Å²) in [4.78, 5) is 2.58. The van der Waals surface area contributed by atoms with Gasteiger partial charge in [0, 0.05) is 12.6 Å². The van der Waals surface area contributed by atoms with Gasteiger partial charge < -0.3 is 10.2 Å². The molecule has 0 aromatic rings. The van der Waals surface area contributed by atoms with Gasteiger partial charge >= 0.3 is 0 Å². The second-order valence-corrected chi connectivity index (χ2v) is 8.57. The van der Waals surface area contributed by atoms with E-state index < -0.39 is 0 Å². The molecule has 112 valence electrons. The molecule has 1 aliphatic heterocycles. The van der Waals surface area contributed by atoms with Gasteiger partial charge in [0.25, 0.3) is 0 Å². The smallest absolute Gasteiger partial charge is 0.00773 e. The molecule has 1 N–H and O–H groups in total. The minimum Gasteiger partial charge on any atom is -0.314 e. The van der Waals surface area contributed by atoms with Gasteiger partial charge in [-0.3, -0.25) is 0 Å². The lowest BCUT2D eigenvalue weighted by Gasteiger charge is -2.45. The van der Waals surface area contributed by atoms with Crippen molar-refractivity contribution < 1.29 is 0 Å². The maximum atomic E-state index is 3.89. The van der Waals surface area contributed by atoms with Crippen molar-refractivity contribution in [2.45, 2.75) is 66.3 Å². The minimum atomic E-state index is 0.505. The third kappa shape index (κ3) is 4.46. The van der Waals surface area contributed by atoms with Crippen LogP contribution in [0.1, 0.15) is 60.3 Å². The molecule has 0 amide bonds. The average Bonchev–Trinajstić information content (AvgIpc) is 2.70. The summed E-state index contributed by atoms with van der Waals surface area (Å²) in [7, 11) is 0. The van der Waals surface area contributed by atoms with E-state index in [1.807, 2.05) is 0 Å². The molecule has 2 rings (SSSR count). The zero-order chi connectivity index (χ0) is 14.1. The molecule has 2 heteroatoms. The van der Waals surface area contributed by atoms with Crippen LogP contribution in [0.2, 0.25) is 0 Å². The molecule has 2 aliphatic rings. The standard InChI is InChI=1S/C17H34N2/c1-6-19-8-7-14(12-19)11-18-15-9-16(2,3)13-17(4,5)10-15/h14-15,18H,6-13H2,1-5H3. The predicted molar refractivity (Wildman–Crippen MR) is 83.4 cm³/mol. The van der Waals surface area contributed by atoms with Crippen LogP contribution in [0.5, 0.6) is 0 Å². The lowest BCUT2D eigenvalue weighted by Crippen LogP contribution is -2.45. The van der Waals surface area contributed by atoms with Crippen LogP contribution in [0.15, 0.2) is 0 Å². The van der Waals surface area contributed by atoms with E-state index >= 15 is 0 Å². The van der Waals surface area contributed by atoms with E-state index in [4.69, 9.17) is 0 Å². The van der Waals surface area contributed by atoms with Crippen LogP contribution in [-0.4, -0.2) is 37.1 Å². The maximum Gasteiger partial charge on any atom is 0.00773 e. The molecule has 1 aliphatic carbocycles. The van der Waals surface area contributed by atoms with Gasteiger partial charge in [0.15, 0.2) is 0 Å². The minimum absolute atomic E-state index is 0.505. The van der Waals surface area contributed by atoms with Gasteiger partial charge in [-0.05, 0) is 62.1 Å². The first-order valence-electron chi connectivity index (χ1n) is 8.25. The van der Waals surface area contributed by atoms with E-state index in [-0.39, 0.29) is 0 Å². The number of hydrogen-bond donors (Lipinski definition) is 1. The molecule has 1 atom stereocenters. The highest BCUT2D eigenvalue weighted by Gasteiger charge is 2.38. The fraction of sp³-hybridized carbons (Fsp3) is 1.00. The van der Waals surface area contributed by atoms with Crippen LogP contribution < -0.4 is 5.32 Å². The average molecular weight is 266 g/mol. The Morgan fingerprint density at radius 2 is 1.74 bits per heavy atom. The fourth-order valence-corrected chi connectivity index (χ4v) is 4.69. The Hall–Kier alpha value is -0.0800. The highest BCUT2D eigenvalue weighted by molar-refractivity contribution is 4.92. The van der Waals surface area contributed by atoms with Gasteiger partial charge in [-0.15, -0.1) is 0 Å². The van der Waals surface area contributed by atoms with Crippen molar-refractivity contribution in [2.75, 3.05) is 26.2 Å². The quantitative estimate of drug-likeness (QED) is 0.837. The second-order valence-electron chi connectivity index (χ2n) is 8.57. The number of nitrogens with one attached hydrogen (secondary N) is 1. The first-order chi connectivity index (χ1) is 8.80. The van der Waals surface area contributed by atoms with Gasteiger partial charge in [-0.25, -0.2) is 0 Å². The Morgan fingerprint density at radius 3 is 2.26 bits per heavy atom. The molecule has 0 radical (unpaired) electrons. The summed E-state index contributed by atoms with van der Waals surface area (Å²) in [6, 6.07) is 0.731. The molecule has 0 bridgehead atoms. The molecule has 0 aromatic heterocycles. The second kappa shape index (κ2) is 5.73. The van der Waals surface area contributed by atoms with E-state index in [0.717, 1.165) is 12.0 Å². The molecule has 2 nitrogen and oxygen atoms in total. The third-order valence-corrected chi connectivity index (χ3v) is 5.07. The van der Waals surface area contributed by atoms with Gasteiger partial charge in [-0.1, -0.05) is 34.6 Å². The van der Waals surface area contributed by atoms with Crippen LogP contribution in [0.4, 0.5) is 0 Å². The Bertz CT molecular complexity index is 280. The van der Waals surface area contributed by atoms with Crippen LogP contribution in [0.3, 0.4) is 0 Å². The predicted octanol–water partition coefficient (Wildman–Crippen LogP) is 3.52. The summed E-state index contributed by atoms with van der Waals surface area (Å²) in [6.45, 7) is 17.1. The third-order valence-electron chi connectivity index (χ3n) is 5.07. The van der Waals surface area contributed by atoms with Gasteiger partial charge in [0.05, 0.1) is 0 Å². The van der Waals surface area contributed by atoms with Gasteiger partial charge in [0.1, 0.15) is 0 Å². The Labute approximate surface area is 120 Å². The van der Waals surface area contributed by atoms with Crippen molar-refractivity contribution in [3.05, 3.63) is 0 Å². The number of rotatable bonds is 4. The van der Waals surface area contributed by atoms with Crippen LogP contribution >= 0.6 is 0 Å². The normalized spacial score (nSPS) is 31.7. The van der Waals surface area contributed by atoms with Crippen molar-refractivity contribution in [2.24, 2.45) is 16.7 Å². The molecule has 0 spiro atoms. The van der Waals surface area contributed by atoms with Crippen LogP contribution in [-0.2, 0) is 0 Å². The highest BCUT2D eigenvalue weighted by Crippen LogP contribution is 2.45. The lowest BCUT2D eigenvalue weighted by molar-refractivity contribution is 0.0835. The van der Waals surface area contributed by atoms with Crippen molar-refractivity contribution in [3.8, 4) is 0 Å². The molecule has 0 aromatic carbocycles. The zero-order valence-corrected chi connectivity index (χ0v) is 13.8. The van der Waals surface area contributed by atoms with E-state index in [2.05, 4.69) is 44.8 Å². The highest BCUT2D eigenvalue weighted by atomic mass is 15.1. The Kier molecular flexibility index (Phi) is 4.62. The largest absolute Gasteiger partial charge is 0.314 e. The molecule has 2 fully saturated rings. The van der Waals surface area contributed by atoms with Crippen molar-refractivity contribution in [1.29, 1.82) is 0 Å². The maximum absolute atomic E-state index is 3.89. The molecule has 1 saturated carbocycles. The van der Waals surface area contributed by atoms with Crippen LogP contribution in [0, 0.1) is 16.7 Å². The van der Waals surface area contributed by atoms with E-state index in [9.17, 15) is 0 Å². The lowest BCUT2D eigenvalue weighted by atomic mass is 9.63. The molecular weight excluding hydrogens is 232 g/mol. The topological polar surface area (TPSA) is 15.3 Å². The molecule has 1 heterocycles. The van der Waals surface area contributed by atoms with Crippen LogP contribution in [0.25, 0.3) is 0 Å². The molecule has 19 heavy (non-hydrogen) atoms. The summed E-state index contributed by atoms with van der Waals surface area (Å²) >= 11 is 0. The SMILES string of the molecule is CCN1CCC(CNC2CC(C)(C)CC(C)(C)C2)C1. The summed E-state index contributed by atoms with van der Waals surface area (Å²) < 4.78 is 0. The van der Waals surface area contributed by atoms with Gasteiger partial charge in [-0.2, -0.15) is 0 Å². The molecular formula is C17H34N2. The summed E-state index contributed by atoms with van der Waals surface area (Å²) in [5.41, 5.74) is 1.01. The zero-order valence-electron chi connectivity index (χ0n) is 13.8. The Balaban J connectivity index is 1.79. The number of hydrogen-bond acceptors (Lipinski definition) is 2. The Morgan fingerprint density at radius 1 is 1.11 bits per heavy atom.